The van der Waals surface area contributed by atoms with E-state index >= 15 is 0 Å². The van der Waals surface area contributed by atoms with Crippen LogP contribution < -0.4 is 5.32 Å². The van der Waals surface area contributed by atoms with Crippen molar-refractivity contribution < 1.29 is 13.6 Å². The monoisotopic (exact) mass is 289 g/mol. The summed E-state index contributed by atoms with van der Waals surface area (Å²) in [7, 11) is 0. The molecule has 1 aromatic carbocycles. The number of carbonyl (C=O) groups is 1. The van der Waals surface area contributed by atoms with E-state index in [1.54, 1.807) is 13.8 Å². The van der Waals surface area contributed by atoms with Crippen LogP contribution in [-0.2, 0) is 4.79 Å². The molecule has 0 heterocycles. The molecule has 0 aromatic heterocycles. The highest BCUT2D eigenvalue weighted by molar-refractivity contribution is 9.10. The Hall–Kier alpha value is -1.23. The maximum Gasteiger partial charge on any atom is 0.248 e. The molecule has 2 nitrogen and oxygen atoms in total. The number of amides is 1. The van der Waals surface area contributed by atoms with E-state index in [1.807, 2.05) is 0 Å². The molecule has 1 aromatic rings. The number of carbonyl (C=O) groups excluding carboxylic acids is 1. The summed E-state index contributed by atoms with van der Waals surface area (Å²) in [5, 5.41) is 2.15. The van der Waals surface area contributed by atoms with E-state index < -0.39 is 23.2 Å². The second-order valence-corrected chi connectivity index (χ2v) is 4.37. The van der Waals surface area contributed by atoms with Gasteiger partial charge in [0.25, 0.3) is 0 Å². The highest BCUT2D eigenvalue weighted by atomic mass is 79.9. The molecule has 16 heavy (non-hydrogen) atoms. The third-order valence-corrected chi connectivity index (χ3v) is 2.13. The number of anilines is 1. The minimum atomic E-state index is -0.817. The second-order valence-electron chi connectivity index (χ2n) is 3.46. The molecule has 0 aliphatic carbocycles. The quantitative estimate of drug-likeness (QED) is 0.828. The number of allylic oxidation sites excluding steroid dienone is 1. The van der Waals surface area contributed by atoms with Gasteiger partial charge in [0, 0.05) is 10.5 Å². The number of halogens is 3. The Morgan fingerprint density at radius 3 is 2.25 bits per heavy atom. The predicted molar refractivity (Wildman–Crippen MR) is 62.1 cm³/mol. The summed E-state index contributed by atoms with van der Waals surface area (Å²) in [5.74, 6) is -2.19. The minimum Gasteiger partial charge on any atom is -0.318 e. The molecule has 0 atom stereocenters. The highest BCUT2D eigenvalue weighted by Gasteiger charge is 2.12. The third-order valence-electron chi connectivity index (χ3n) is 1.67. The lowest BCUT2D eigenvalue weighted by atomic mass is 10.2. The Balaban J connectivity index is 2.98. The molecule has 0 aliphatic rings. The summed E-state index contributed by atoms with van der Waals surface area (Å²) in [6, 6.07) is 2.17. The fraction of sp³-hybridized carbons (Fsp3) is 0.182. The lowest BCUT2D eigenvalue weighted by Crippen LogP contribution is -2.11. The maximum atomic E-state index is 13.3. The first-order valence-corrected chi connectivity index (χ1v) is 5.30. The van der Waals surface area contributed by atoms with Crippen LogP contribution in [0.3, 0.4) is 0 Å². The fourth-order valence-corrected chi connectivity index (χ4v) is 1.49. The zero-order valence-corrected chi connectivity index (χ0v) is 10.4. The van der Waals surface area contributed by atoms with Gasteiger partial charge >= 0.3 is 0 Å². The summed E-state index contributed by atoms with van der Waals surface area (Å²) < 4.78 is 26.9. The summed E-state index contributed by atoms with van der Waals surface area (Å²) in [6.07, 6.45) is 1.26. The summed E-state index contributed by atoms with van der Waals surface area (Å²) in [4.78, 5) is 11.3. The number of rotatable bonds is 2. The summed E-state index contributed by atoms with van der Waals surface area (Å²) >= 11 is 2.95. The van der Waals surface area contributed by atoms with Crippen molar-refractivity contribution in [1.29, 1.82) is 0 Å². The molecule has 0 bridgehead atoms. The topological polar surface area (TPSA) is 29.1 Å². The van der Waals surface area contributed by atoms with Crippen molar-refractivity contribution in [3.63, 3.8) is 0 Å². The number of hydrogen-bond acceptors (Lipinski definition) is 1. The lowest BCUT2D eigenvalue weighted by molar-refractivity contribution is -0.112. The molecule has 0 saturated carbocycles. The standard InChI is InChI=1S/C11H10BrF2NO/c1-6(2)3-10(16)15-11-8(13)4-7(12)5-9(11)14/h3-5H,1-2H3,(H,15,16). The molecule has 0 spiro atoms. The Morgan fingerprint density at radius 2 is 1.81 bits per heavy atom. The smallest absolute Gasteiger partial charge is 0.248 e. The molecular formula is C11H10BrF2NO. The van der Waals surface area contributed by atoms with Crippen LogP contribution in [0.5, 0.6) is 0 Å². The van der Waals surface area contributed by atoms with Crippen LogP contribution in [0.15, 0.2) is 28.3 Å². The molecule has 0 aliphatic heterocycles. The summed E-state index contributed by atoms with van der Waals surface area (Å²) in [5.41, 5.74) is 0.307. The van der Waals surface area contributed by atoms with E-state index in [4.69, 9.17) is 0 Å². The molecule has 1 rings (SSSR count). The van der Waals surface area contributed by atoms with Gasteiger partial charge in [-0.1, -0.05) is 21.5 Å². The molecule has 86 valence electrons. The molecule has 0 unspecified atom stereocenters. The first-order valence-electron chi connectivity index (χ1n) is 4.50. The normalized spacial score (nSPS) is 9.81. The number of nitrogens with one attached hydrogen (secondary N) is 1. The van der Waals surface area contributed by atoms with Crippen molar-refractivity contribution in [2.45, 2.75) is 13.8 Å². The Labute approximate surface area is 100 Å². The van der Waals surface area contributed by atoms with Crippen LogP contribution in [0.25, 0.3) is 0 Å². The van der Waals surface area contributed by atoms with Crippen molar-refractivity contribution >= 4 is 27.5 Å². The molecule has 1 amide bonds. The van der Waals surface area contributed by atoms with Gasteiger partial charge in [-0.15, -0.1) is 0 Å². The van der Waals surface area contributed by atoms with Gasteiger partial charge in [0.15, 0.2) is 11.6 Å². The molecule has 0 radical (unpaired) electrons. The van der Waals surface area contributed by atoms with E-state index in [2.05, 4.69) is 21.2 Å². The van der Waals surface area contributed by atoms with Gasteiger partial charge in [-0.3, -0.25) is 4.79 Å². The van der Waals surface area contributed by atoms with Crippen LogP contribution in [0.4, 0.5) is 14.5 Å². The van der Waals surface area contributed by atoms with Crippen molar-refractivity contribution in [3.05, 3.63) is 39.9 Å². The van der Waals surface area contributed by atoms with Crippen LogP contribution in [0.1, 0.15) is 13.8 Å². The maximum absolute atomic E-state index is 13.3. The number of hydrogen-bond donors (Lipinski definition) is 1. The second kappa shape index (κ2) is 5.21. The lowest BCUT2D eigenvalue weighted by Gasteiger charge is -2.06. The van der Waals surface area contributed by atoms with E-state index in [0.717, 1.165) is 17.7 Å². The molecular weight excluding hydrogens is 280 g/mol. The van der Waals surface area contributed by atoms with Crippen molar-refractivity contribution in [1.82, 2.24) is 0 Å². The largest absolute Gasteiger partial charge is 0.318 e. The highest BCUT2D eigenvalue weighted by Crippen LogP contribution is 2.23. The van der Waals surface area contributed by atoms with Crippen LogP contribution in [-0.4, -0.2) is 5.91 Å². The van der Waals surface area contributed by atoms with Gasteiger partial charge < -0.3 is 5.32 Å². The minimum absolute atomic E-state index is 0.280. The van der Waals surface area contributed by atoms with Crippen LogP contribution in [0, 0.1) is 11.6 Å². The van der Waals surface area contributed by atoms with Gasteiger partial charge in [0.1, 0.15) is 5.69 Å². The number of benzene rings is 1. The van der Waals surface area contributed by atoms with Crippen LogP contribution >= 0.6 is 15.9 Å². The van der Waals surface area contributed by atoms with E-state index in [1.165, 1.54) is 6.08 Å². The van der Waals surface area contributed by atoms with E-state index in [0.29, 0.717) is 0 Å². The van der Waals surface area contributed by atoms with Gasteiger partial charge in [-0.05, 0) is 26.0 Å². The Kier molecular flexibility index (Phi) is 4.18. The van der Waals surface area contributed by atoms with Gasteiger partial charge in [0.05, 0.1) is 0 Å². The van der Waals surface area contributed by atoms with Crippen molar-refractivity contribution in [2.24, 2.45) is 0 Å². The van der Waals surface area contributed by atoms with Gasteiger partial charge in [-0.25, -0.2) is 8.78 Å². The third kappa shape index (κ3) is 3.41. The molecule has 0 fully saturated rings. The van der Waals surface area contributed by atoms with Crippen molar-refractivity contribution in [3.8, 4) is 0 Å². The average molecular weight is 290 g/mol. The first kappa shape index (κ1) is 12.8. The Morgan fingerprint density at radius 1 is 1.31 bits per heavy atom. The molecule has 0 saturated heterocycles. The van der Waals surface area contributed by atoms with Gasteiger partial charge in [-0.2, -0.15) is 0 Å². The summed E-state index contributed by atoms with van der Waals surface area (Å²) in [6.45, 7) is 3.43. The zero-order chi connectivity index (χ0) is 12.3. The molecule has 1 N–H and O–H groups in total. The van der Waals surface area contributed by atoms with Gasteiger partial charge in [0.2, 0.25) is 5.91 Å². The Bertz CT molecular complexity index is 430. The SMILES string of the molecule is CC(C)=CC(=O)Nc1c(F)cc(Br)cc1F. The van der Waals surface area contributed by atoms with Crippen LogP contribution in [0.2, 0.25) is 0 Å². The zero-order valence-electron chi connectivity index (χ0n) is 8.77. The van der Waals surface area contributed by atoms with E-state index in [-0.39, 0.29) is 4.47 Å². The fourth-order valence-electron chi connectivity index (χ4n) is 1.08. The van der Waals surface area contributed by atoms with Crippen molar-refractivity contribution in [2.75, 3.05) is 5.32 Å². The first-order chi connectivity index (χ1) is 7.40. The van der Waals surface area contributed by atoms with E-state index in [9.17, 15) is 13.6 Å². The predicted octanol–water partition coefficient (Wildman–Crippen LogP) is 3.63. The average Bonchev–Trinajstić information content (AvgIpc) is 2.09. The molecule has 5 heteroatoms.